The fraction of sp³-hybridized carbons (Fsp3) is 0.467. The molecule has 0 N–H and O–H groups in total. The summed E-state index contributed by atoms with van der Waals surface area (Å²) in [5.74, 6) is 0. The molecule has 0 saturated heterocycles. The SMILES string of the molecule is CC.[CH2-]CC(C[CH2-])(C[CH2-])C[CH2-].[CH3-].[CH3-].[CH3-].[CH3-].[Y+3].[Y].[Y].[Y].[Y].[Y].[Y].[Y].[Y].[Y]. The third kappa shape index (κ3) is 72.1. The van der Waals surface area contributed by atoms with E-state index in [1.165, 1.54) is 0 Å². The summed E-state index contributed by atoms with van der Waals surface area (Å²) in [6.45, 7) is 19.4. The molecule has 0 rings (SSSR count). The maximum absolute atomic E-state index is 3.85. The van der Waals surface area contributed by atoms with E-state index in [1.807, 2.05) is 13.8 Å². The number of hydrogen-bond donors (Lipinski definition) is 0. The number of hydrogen-bond acceptors (Lipinski definition) is 0. The van der Waals surface area contributed by atoms with Crippen LogP contribution in [0.25, 0.3) is 0 Å². The van der Waals surface area contributed by atoms with Crippen molar-refractivity contribution in [3.05, 3.63) is 57.4 Å². The molecule has 0 atom stereocenters. The molecule has 0 saturated carbocycles. The molecule has 0 unspecified atom stereocenters. The first kappa shape index (κ1) is 110. The predicted molar refractivity (Wildman–Crippen MR) is 79.3 cm³/mol. The van der Waals surface area contributed by atoms with E-state index in [1.54, 1.807) is 0 Å². The van der Waals surface area contributed by atoms with Gasteiger partial charge in [-0.3, -0.25) is 0 Å². The molecule has 0 aromatic heterocycles. The summed E-state index contributed by atoms with van der Waals surface area (Å²) in [5, 5.41) is 0. The summed E-state index contributed by atoms with van der Waals surface area (Å²) in [4.78, 5) is 0. The summed E-state index contributed by atoms with van der Waals surface area (Å²) in [6, 6.07) is 0. The molecule has 0 nitrogen and oxygen atoms in total. The van der Waals surface area contributed by atoms with Crippen LogP contribution in [0.4, 0.5) is 0 Å². The van der Waals surface area contributed by atoms with Gasteiger partial charge in [0.1, 0.15) is 0 Å². The van der Waals surface area contributed by atoms with Crippen molar-refractivity contribution in [2.24, 2.45) is 5.41 Å². The molecule has 0 amide bonds. The van der Waals surface area contributed by atoms with Gasteiger partial charge >= 0.3 is 32.7 Å². The molecule has 0 aliphatic heterocycles. The Bertz CT molecular complexity index is 67.2. The average Bonchev–Trinajstić information content (AvgIpc) is 2.13. The Morgan fingerprint density at radius 1 is 0.440 bits per heavy atom. The van der Waals surface area contributed by atoms with Crippen molar-refractivity contribution in [2.75, 3.05) is 0 Å². The zero-order chi connectivity index (χ0) is 9.33. The summed E-state index contributed by atoms with van der Waals surface area (Å²) >= 11 is 0. The zero-order valence-electron chi connectivity index (χ0n) is 17.9. The van der Waals surface area contributed by atoms with Crippen molar-refractivity contribution < 1.29 is 327 Å². The summed E-state index contributed by atoms with van der Waals surface area (Å²) in [5.41, 5.74) is 0.222. The second-order valence-electron chi connectivity index (χ2n) is 2.50. The molecule has 25 heavy (non-hydrogen) atoms. The minimum Gasteiger partial charge on any atom is -0.358 e. The largest absolute Gasteiger partial charge is 3.00 e. The topological polar surface area (TPSA) is 0 Å². The van der Waals surface area contributed by atoms with E-state index in [0.29, 0.717) is 0 Å². The Morgan fingerprint density at radius 3 is 0.520 bits per heavy atom. The van der Waals surface area contributed by atoms with E-state index >= 15 is 0 Å². The van der Waals surface area contributed by atoms with Crippen molar-refractivity contribution in [2.45, 2.75) is 39.5 Å². The van der Waals surface area contributed by atoms with Crippen LogP contribution in [0.15, 0.2) is 0 Å². The van der Waals surface area contributed by atoms with Crippen LogP contribution in [0.2, 0.25) is 0 Å². The Kier molecular flexibility index (Phi) is 404. The van der Waals surface area contributed by atoms with E-state index < -0.39 is 0 Å². The van der Waals surface area contributed by atoms with E-state index in [4.69, 9.17) is 0 Å². The summed E-state index contributed by atoms with van der Waals surface area (Å²) in [6.07, 6.45) is 3.62. The fourth-order valence-electron chi connectivity index (χ4n) is 0.750. The monoisotopic (exact) mass is 1100 g/mol. The molecule has 0 spiro atoms. The third-order valence-corrected chi connectivity index (χ3v) is 2.12. The third-order valence-electron chi connectivity index (χ3n) is 2.12. The molecule has 0 aromatic rings. The molecule has 0 fully saturated rings. The van der Waals surface area contributed by atoms with Crippen molar-refractivity contribution in [1.29, 1.82) is 0 Å². The molecule has 129 valence electrons. The van der Waals surface area contributed by atoms with Crippen LogP contribution in [-0.4, -0.2) is 0 Å². The van der Waals surface area contributed by atoms with Crippen molar-refractivity contribution in [3.63, 3.8) is 0 Å². The zero-order valence-corrected chi connectivity index (χ0v) is 46.3. The second kappa shape index (κ2) is 91.7. The Balaban J connectivity index is -0.00000000349. The van der Waals surface area contributed by atoms with Gasteiger partial charge in [0.2, 0.25) is 0 Å². The van der Waals surface area contributed by atoms with Crippen molar-refractivity contribution in [3.8, 4) is 0 Å². The van der Waals surface area contributed by atoms with Gasteiger partial charge in [0.25, 0.3) is 0 Å². The van der Waals surface area contributed by atoms with Gasteiger partial charge in [-0.15, -0.1) is 5.41 Å². The Morgan fingerprint density at radius 2 is 0.520 bits per heavy atom. The van der Waals surface area contributed by atoms with Crippen LogP contribution in [0.1, 0.15) is 39.5 Å². The van der Waals surface area contributed by atoms with Crippen LogP contribution in [0.3, 0.4) is 0 Å². The van der Waals surface area contributed by atoms with Crippen LogP contribution in [0, 0.1) is 62.8 Å². The quantitative estimate of drug-likeness (QED) is 0.319. The van der Waals surface area contributed by atoms with Gasteiger partial charge in [0.15, 0.2) is 0 Å². The first-order chi connectivity index (χ1) is 5.24. The minimum atomic E-state index is 0. The Hall–Kier alpha value is 11.0. The Labute approximate surface area is 417 Å². The summed E-state index contributed by atoms with van der Waals surface area (Å²) in [7, 11) is 0. The molecular weight excluding hydrogens is 1070 g/mol. The number of rotatable bonds is 4. The average molecular weight is 1100 g/mol. The smallest absolute Gasteiger partial charge is 0.358 e. The fourth-order valence-corrected chi connectivity index (χ4v) is 0.750. The minimum absolute atomic E-state index is 0. The molecular formula is C15H34Y10-5. The van der Waals surface area contributed by atoms with Crippen molar-refractivity contribution >= 4 is 0 Å². The predicted octanol–water partition coefficient (Wildman–Crippen LogP) is 5.67. The van der Waals surface area contributed by atoms with Gasteiger partial charge < -0.3 is 57.4 Å². The van der Waals surface area contributed by atoms with Gasteiger partial charge in [-0.05, 0) is 0 Å². The standard InChI is InChI=1S/C9H16.C2H6.4CH3.10Y/c1-5-9(6-2,7-3)8-4;1-2;;;;;;;;;;;;;;/h1-8H2;1-2H3;4*1H3;;;;;;;;;;/q-4;;4*-1;;;;;;;;;;+3. The maximum atomic E-state index is 3.85. The molecule has 0 aliphatic carbocycles. The second-order valence-corrected chi connectivity index (χ2v) is 2.50. The van der Waals surface area contributed by atoms with Crippen LogP contribution in [0.5, 0.6) is 0 Å². The molecule has 0 aromatic carbocycles. The first-order valence-corrected chi connectivity index (χ1v) is 4.41. The normalized spacial score (nSPS) is 4.56. The molecule has 0 aliphatic rings. The van der Waals surface area contributed by atoms with Crippen molar-refractivity contribution in [1.82, 2.24) is 0 Å². The van der Waals surface area contributed by atoms with Gasteiger partial charge in [-0.2, -0.15) is 25.7 Å². The van der Waals surface area contributed by atoms with E-state index in [2.05, 4.69) is 27.7 Å². The van der Waals surface area contributed by atoms with Crippen LogP contribution < -0.4 is 0 Å². The maximum Gasteiger partial charge on any atom is 3.00 e. The molecule has 0 heterocycles. The first-order valence-electron chi connectivity index (χ1n) is 4.41. The van der Waals surface area contributed by atoms with Gasteiger partial charge in [0.05, 0.1) is 0 Å². The molecule has 10 heteroatoms. The van der Waals surface area contributed by atoms with Gasteiger partial charge in [-0.1, -0.05) is 13.8 Å². The van der Waals surface area contributed by atoms with E-state index in [-0.39, 0.29) is 362 Å². The molecule has 9 radical (unpaired) electrons. The van der Waals surface area contributed by atoms with Gasteiger partial charge in [-0.25, -0.2) is 0 Å². The van der Waals surface area contributed by atoms with Crippen LogP contribution in [-0.2, 0) is 327 Å². The van der Waals surface area contributed by atoms with E-state index in [9.17, 15) is 0 Å². The molecule has 0 bridgehead atoms. The van der Waals surface area contributed by atoms with Gasteiger partial charge in [0, 0.05) is 294 Å². The summed E-state index contributed by atoms with van der Waals surface area (Å²) < 4.78 is 0. The van der Waals surface area contributed by atoms with E-state index in [0.717, 1.165) is 25.7 Å². The van der Waals surface area contributed by atoms with Crippen LogP contribution >= 0.6 is 0 Å².